The minimum absolute atomic E-state index is 0.260. The molecule has 11 heteroatoms. The lowest BCUT2D eigenvalue weighted by Crippen LogP contribution is -2.60. The summed E-state index contributed by atoms with van der Waals surface area (Å²) in [4.78, 5) is 13.2. The zero-order valence-corrected chi connectivity index (χ0v) is 51.9. The molecule has 9 unspecified atom stereocenters. The van der Waals surface area contributed by atoms with Crippen LogP contribution in [0.15, 0.2) is 12.2 Å². The zero-order chi connectivity index (χ0) is 57.5. The number of amides is 1. The van der Waals surface area contributed by atoms with E-state index in [-0.39, 0.29) is 12.8 Å². The van der Waals surface area contributed by atoms with Crippen molar-refractivity contribution < 1.29 is 50.0 Å². The van der Waals surface area contributed by atoms with Crippen LogP contribution >= 0.6 is 0 Å². The molecule has 1 aliphatic rings. The Hall–Kier alpha value is -1.15. The number of allylic oxidation sites excluding steroid dienone is 2. The maximum atomic E-state index is 13.2. The average molecular weight is 1120 g/mol. The van der Waals surface area contributed by atoms with Gasteiger partial charge in [0.05, 0.1) is 25.4 Å². The van der Waals surface area contributed by atoms with Gasteiger partial charge in [-0.1, -0.05) is 321 Å². The summed E-state index contributed by atoms with van der Waals surface area (Å²) < 4.78 is 11.2. The van der Waals surface area contributed by atoms with Gasteiger partial charge in [-0.2, -0.15) is 0 Å². The van der Waals surface area contributed by atoms with E-state index in [1.165, 1.54) is 270 Å². The summed E-state index contributed by atoms with van der Waals surface area (Å²) in [5.74, 6) is -0.699. The number of rotatable bonds is 61. The van der Waals surface area contributed by atoms with Crippen LogP contribution in [0, 0.1) is 0 Å². The summed E-state index contributed by atoms with van der Waals surface area (Å²) in [6.45, 7) is 3.49. The second kappa shape index (κ2) is 57.3. The first-order valence-electron chi connectivity index (χ1n) is 34.6. The monoisotopic (exact) mass is 1120 g/mol. The maximum Gasteiger partial charge on any atom is 0.249 e. The summed E-state index contributed by atoms with van der Waals surface area (Å²) in [6.07, 6.45) is 58.9. The molecular weight excluding hydrogens is 991 g/mol. The van der Waals surface area contributed by atoms with Crippen molar-refractivity contribution >= 4 is 5.91 Å². The third kappa shape index (κ3) is 45.0. The van der Waals surface area contributed by atoms with Crippen LogP contribution in [0.5, 0.6) is 0 Å². The third-order valence-corrected chi connectivity index (χ3v) is 17.1. The van der Waals surface area contributed by atoms with Crippen LogP contribution < -0.4 is 5.32 Å². The number of nitrogens with one attached hydrogen (secondary N) is 1. The van der Waals surface area contributed by atoms with E-state index < -0.39 is 74.2 Å². The number of hydrogen-bond donors (Lipinski definition) is 8. The largest absolute Gasteiger partial charge is 0.394 e. The van der Waals surface area contributed by atoms with Gasteiger partial charge >= 0.3 is 0 Å². The molecule has 9 atom stereocenters. The van der Waals surface area contributed by atoms with Crippen molar-refractivity contribution in [3.8, 4) is 0 Å². The van der Waals surface area contributed by atoms with E-state index in [2.05, 4.69) is 31.3 Å². The summed E-state index contributed by atoms with van der Waals surface area (Å²) in [6, 6.07) is -1.18. The summed E-state index contributed by atoms with van der Waals surface area (Å²) >= 11 is 0. The van der Waals surface area contributed by atoms with Crippen LogP contribution in [0.4, 0.5) is 0 Å². The Morgan fingerprint density at radius 3 is 1.09 bits per heavy atom. The number of carbonyl (C=O) groups is 1. The van der Waals surface area contributed by atoms with Gasteiger partial charge in [-0.25, -0.2) is 0 Å². The Bertz CT molecular complexity index is 1290. The highest BCUT2D eigenvalue weighted by Crippen LogP contribution is 2.24. The molecule has 1 heterocycles. The molecule has 1 aliphatic heterocycles. The highest BCUT2D eigenvalue weighted by molar-refractivity contribution is 5.80. The van der Waals surface area contributed by atoms with Gasteiger partial charge in [0.25, 0.3) is 0 Å². The highest BCUT2D eigenvalue weighted by Gasteiger charge is 2.44. The Morgan fingerprint density at radius 2 is 0.747 bits per heavy atom. The standard InChI is InChI=1S/C68H133NO10/c1-3-5-7-9-11-13-15-17-19-21-22-23-24-25-26-27-28-29-30-31-32-33-34-35-36-37-38-39-40-42-44-46-48-50-52-54-56-61(72)67(77)69-59(58-78-68-66(76)65(75)64(74)62(57-70)79-68)63(73)60(71)55-53-51-49-47-45-43-41-20-18-16-14-12-10-8-6-4-2/h47,49,59-66,68,70-76H,3-46,48,50-58H2,1-2H3,(H,69,77)/b49-47+. The molecule has 470 valence electrons. The SMILES string of the molecule is CCCCCCCCCCCCC/C=C/CCCC(O)C(O)C(COC1OC(CO)C(O)C(O)C1O)NC(=O)C(O)CCCCCCCCCCCCCCCCCCCCCCCCCCCCCCCCCCCCCC. The minimum Gasteiger partial charge on any atom is -0.394 e. The fourth-order valence-electron chi connectivity index (χ4n) is 11.5. The zero-order valence-electron chi connectivity index (χ0n) is 51.9. The van der Waals surface area contributed by atoms with E-state index in [1.807, 2.05) is 0 Å². The predicted octanol–water partition coefficient (Wildman–Crippen LogP) is 16.3. The van der Waals surface area contributed by atoms with Crippen molar-refractivity contribution in [2.24, 2.45) is 0 Å². The molecule has 0 aliphatic carbocycles. The summed E-state index contributed by atoms with van der Waals surface area (Å²) in [7, 11) is 0. The lowest BCUT2D eigenvalue weighted by molar-refractivity contribution is -0.303. The molecule has 1 amide bonds. The van der Waals surface area contributed by atoms with Gasteiger partial charge in [0.1, 0.15) is 36.6 Å². The molecule has 0 aromatic rings. The first-order valence-corrected chi connectivity index (χ1v) is 34.6. The van der Waals surface area contributed by atoms with E-state index in [4.69, 9.17) is 9.47 Å². The maximum absolute atomic E-state index is 13.2. The van der Waals surface area contributed by atoms with Crippen LogP contribution in [0.25, 0.3) is 0 Å². The van der Waals surface area contributed by atoms with Gasteiger partial charge in [0.2, 0.25) is 5.91 Å². The summed E-state index contributed by atoms with van der Waals surface area (Å²) in [5, 5.41) is 76.3. The first-order chi connectivity index (χ1) is 38.7. The minimum atomic E-state index is -1.67. The van der Waals surface area contributed by atoms with Crippen molar-refractivity contribution in [2.45, 2.75) is 403 Å². The van der Waals surface area contributed by atoms with Crippen molar-refractivity contribution in [3.05, 3.63) is 12.2 Å². The fraction of sp³-hybridized carbons (Fsp3) is 0.956. The topological polar surface area (TPSA) is 189 Å². The first kappa shape index (κ1) is 75.9. The van der Waals surface area contributed by atoms with Crippen LogP contribution in [0.3, 0.4) is 0 Å². The van der Waals surface area contributed by atoms with Crippen LogP contribution in [-0.2, 0) is 14.3 Å². The van der Waals surface area contributed by atoms with Crippen molar-refractivity contribution in [1.82, 2.24) is 5.32 Å². The molecule has 0 aromatic heterocycles. The van der Waals surface area contributed by atoms with Crippen molar-refractivity contribution in [2.75, 3.05) is 13.2 Å². The lowest BCUT2D eigenvalue weighted by Gasteiger charge is -2.40. The number of carbonyl (C=O) groups excluding carboxylic acids is 1. The Morgan fingerprint density at radius 1 is 0.430 bits per heavy atom. The van der Waals surface area contributed by atoms with E-state index in [0.29, 0.717) is 12.8 Å². The Labute approximate surface area is 487 Å². The number of hydrogen-bond acceptors (Lipinski definition) is 10. The average Bonchev–Trinajstić information content (AvgIpc) is 3.46. The second-order valence-electron chi connectivity index (χ2n) is 24.6. The molecule has 0 bridgehead atoms. The molecule has 0 spiro atoms. The van der Waals surface area contributed by atoms with Gasteiger partial charge in [-0.05, 0) is 38.5 Å². The van der Waals surface area contributed by atoms with E-state index in [9.17, 15) is 40.5 Å². The van der Waals surface area contributed by atoms with Crippen molar-refractivity contribution in [3.63, 3.8) is 0 Å². The summed E-state index contributed by atoms with van der Waals surface area (Å²) in [5.41, 5.74) is 0. The molecule has 79 heavy (non-hydrogen) atoms. The smallest absolute Gasteiger partial charge is 0.249 e. The number of unbranched alkanes of at least 4 members (excludes halogenated alkanes) is 47. The molecule has 8 N–H and O–H groups in total. The molecule has 0 saturated carbocycles. The lowest BCUT2D eigenvalue weighted by atomic mass is 9.98. The van der Waals surface area contributed by atoms with Gasteiger partial charge in [0, 0.05) is 0 Å². The highest BCUT2D eigenvalue weighted by atomic mass is 16.7. The molecule has 1 fully saturated rings. The molecule has 1 saturated heterocycles. The molecule has 11 nitrogen and oxygen atoms in total. The Balaban J connectivity index is 2.12. The normalized spacial score (nSPS) is 19.3. The van der Waals surface area contributed by atoms with E-state index >= 15 is 0 Å². The van der Waals surface area contributed by atoms with Gasteiger partial charge in [0.15, 0.2) is 6.29 Å². The van der Waals surface area contributed by atoms with E-state index in [0.717, 1.165) is 38.5 Å². The van der Waals surface area contributed by atoms with Gasteiger partial charge in [-0.3, -0.25) is 4.79 Å². The van der Waals surface area contributed by atoms with Gasteiger partial charge < -0.3 is 50.5 Å². The molecular formula is C68H133NO10. The predicted molar refractivity (Wildman–Crippen MR) is 330 cm³/mol. The second-order valence-corrected chi connectivity index (χ2v) is 24.6. The van der Waals surface area contributed by atoms with Crippen LogP contribution in [-0.4, -0.2) is 110 Å². The molecule has 0 radical (unpaired) electrons. The Kier molecular flexibility index (Phi) is 55.0. The fourth-order valence-corrected chi connectivity index (χ4v) is 11.5. The van der Waals surface area contributed by atoms with Crippen LogP contribution in [0.2, 0.25) is 0 Å². The van der Waals surface area contributed by atoms with E-state index in [1.54, 1.807) is 0 Å². The molecule has 0 aromatic carbocycles. The number of aliphatic hydroxyl groups is 7. The quantitative estimate of drug-likeness (QED) is 0.0215. The van der Waals surface area contributed by atoms with Gasteiger partial charge in [-0.15, -0.1) is 0 Å². The van der Waals surface area contributed by atoms with Crippen molar-refractivity contribution in [1.29, 1.82) is 0 Å². The van der Waals surface area contributed by atoms with Crippen LogP contribution in [0.1, 0.15) is 348 Å². The third-order valence-electron chi connectivity index (χ3n) is 17.1. The number of ether oxygens (including phenoxy) is 2. The number of aliphatic hydroxyl groups excluding tert-OH is 7. The molecule has 1 rings (SSSR count).